The van der Waals surface area contributed by atoms with Gasteiger partial charge in [-0.3, -0.25) is 0 Å². The van der Waals surface area contributed by atoms with Crippen molar-refractivity contribution in [3.8, 4) is 0 Å². The summed E-state index contributed by atoms with van der Waals surface area (Å²) in [7, 11) is 0. The maximum absolute atomic E-state index is 9.10. The highest BCUT2D eigenvalue weighted by Crippen LogP contribution is 2.20. The van der Waals surface area contributed by atoms with Crippen LogP contribution in [0.25, 0.3) is 0 Å². The van der Waals surface area contributed by atoms with Crippen LogP contribution in [0.2, 0.25) is 0 Å². The van der Waals surface area contributed by atoms with Crippen LogP contribution in [0.4, 0.5) is 0 Å². The number of furan rings is 1. The molecule has 56 valence electrons. The van der Waals surface area contributed by atoms with Crippen LogP contribution in [0, 0.1) is 0 Å². The summed E-state index contributed by atoms with van der Waals surface area (Å²) in [5, 5.41) is 9.10. The van der Waals surface area contributed by atoms with Crippen molar-refractivity contribution in [1.29, 1.82) is 0 Å². The van der Waals surface area contributed by atoms with Crippen molar-refractivity contribution in [2.75, 3.05) is 5.88 Å². The first kappa shape index (κ1) is 8.11. The molecule has 1 unspecified atom stereocenters. The molecule has 1 N–H and O–H groups in total. The average molecular weight is 225 g/mol. The summed E-state index contributed by atoms with van der Waals surface area (Å²) in [6.45, 7) is 0. The van der Waals surface area contributed by atoms with Gasteiger partial charge in [-0.2, -0.15) is 0 Å². The molecule has 0 saturated heterocycles. The molecule has 1 atom stereocenters. The van der Waals surface area contributed by atoms with Crippen molar-refractivity contribution in [2.45, 2.75) is 6.10 Å². The highest BCUT2D eigenvalue weighted by Gasteiger charge is 2.09. The van der Waals surface area contributed by atoms with Crippen LogP contribution in [0.15, 0.2) is 21.2 Å². The fourth-order valence-electron chi connectivity index (χ4n) is 0.579. The Morgan fingerprint density at radius 1 is 1.80 bits per heavy atom. The minimum absolute atomic E-state index is 0.153. The number of alkyl halides is 1. The summed E-state index contributed by atoms with van der Waals surface area (Å²) in [6, 6.07) is 1.69. The number of halogens is 2. The van der Waals surface area contributed by atoms with Crippen LogP contribution in [0.5, 0.6) is 0 Å². The number of rotatable bonds is 2. The molecule has 1 aromatic heterocycles. The van der Waals surface area contributed by atoms with Gasteiger partial charge in [0.2, 0.25) is 0 Å². The molecule has 0 fully saturated rings. The van der Waals surface area contributed by atoms with Gasteiger partial charge in [0.25, 0.3) is 0 Å². The van der Waals surface area contributed by atoms with E-state index in [1.54, 1.807) is 6.07 Å². The number of hydrogen-bond acceptors (Lipinski definition) is 2. The van der Waals surface area contributed by atoms with Crippen molar-refractivity contribution in [3.05, 3.63) is 22.6 Å². The molecular weight excluding hydrogens is 219 g/mol. The third kappa shape index (κ3) is 1.75. The first-order valence-corrected chi connectivity index (χ1v) is 4.04. The summed E-state index contributed by atoms with van der Waals surface area (Å²) in [5.74, 6) is 0.641. The molecule has 0 spiro atoms. The van der Waals surface area contributed by atoms with Gasteiger partial charge in [-0.15, -0.1) is 11.6 Å². The van der Waals surface area contributed by atoms with E-state index >= 15 is 0 Å². The third-order valence-electron chi connectivity index (χ3n) is 1.06. The lowest BCUT2D eigenvalue weighted by Crippen LogP contribution is -1.95. The zero-order valence-corrected chi connectivity index (χ0v) is 7.39. The molecule has 1 rings (SSSR count). The van der Waals surface area contributed by atoms with E-state index in [9.17, 15) is 0 Å². The predicted octanol–water partition coefficient (Wildman–Crippen LogP) is 2.31. The van der Waals surface area contributed by atoms with Gasteiger partial charge < -0.3 is 9.52 Å². The lowest BCUT2D eigenvalue weighted by atomic mass is 10.3. The second-order valence-corrected chi connectivity index (χ2v) is 3.06. The Balaban J connectivity index is 2.74. The molecule has 1 heterocycles. The molecule has 1 aromatic rings. The first-order chi connectivity index (χ1) is 4.74. The Bertz CT molecular complexity index is 211. The quantitative estimate of drug-likeness (QED) is 0.784. The van der Waals surface area contributed by atoms with Gasteiger partial charge in [-0.05, 0) is 22.0 Å². The van der Waals surface area contributed by atoms with Crippen LogP contribution in [0.3, 0.4) is 0 Å². The summed E-state index contributed by atoms with van der Waals surface area (Å²) >= 11 is 8.55. The Labute approximate surface area is 71.9 Å². The van der Waals surface area contributed by atoms with Gasteiger partial charge in [-0.25, -0.2) is 0 Å². The molecule has 0 saturated carbocycles. The van der Waals surface area contributed by atoms with Gasteiger partial charge in [0, 0.05) is 0 Å². The van der Waals surface area contributed by atoms with E-state index in [4.69, 9.17) is 21.1 Å². The van der Waals surface area contributed by atoms with Crippen LogP contribution >= 0.6 is 27.5 Å². The van der Waals surface area contributed by atoms with E-state index in [2.05, 4.69) is 15.9 Å². The standard InChI is InChI=1S/C6H6BrClO2/c7-4-1-6(10-3-4)5(9)2-8/h1,3,5,9H,2H2. The normalized spacial score (nSPS) is 13.5. The molecule has 0 aliphatic heterocycles. The van der Waals surface area contributed by atoms with Crippen LogP contribution < -0.4 is 0 Å². The number of aliphatic hydroxyl groups excluding tert-OH is 1. The van der Waals surface area contributed by atoms with E-state index < -0.39 is 6.10 Å². The molecule has 10 heavy (non-hydrogen) atoms. The molecule has 0 radical (unpaired) electrons. The Kier molecular flexibility index (Phi) is 2.77. The SMILES string of the molecule is OC(CCl)c1cc(Br)co1. The Morgan fingerprint density at radius 2 is 2.50 bits per heavy atom. The first-order valence-electron chi connectivity index (χ1n) is 2.72. The second-order valence-electron chi connectivity index (χ2n) is 1.84. The minimum Gasteiger partial charge on any atom is -0.465 e. The molecular formula is C6H6BrClO2. The van der Waals surface area contributed by atoms with Gasteiger partial charge in [0.1, 0.15) is 18.1 Å². The van der Waals surface area contributed by atoms with E-state index in [1.165, 1.54) is 6.26 Å². The Morgan fingerprint density at radius 3 is 2.90 bits per heavy atom. The molecule has 0 aliphatic carbocycles. The van der Waals surface area contributed by atoms with Crippen LogP contribution in [-0.2, 0) is 0 Å². The van der Waals surface area contributed by atoms with Crippen molar-refractivity contribution in [3.63, 3.8) is 0 Å². The van der Waals surface area contributed by atoms with Crippen molar-refractivity contribution < 1.29 is 9.52 Å². The van der Waals surface area contributed by atoms with E-state index in [1.807, 2.05) is 0 Å². The highest BCUT2D eigenvalue weighted by atomic mass is 79.9. The summed E-state index contributed by atoms with van der Waals surface area (Å²) in [4.78, 5) is 0. The third-order valence-corrected chi connectivity index (χ3v) is 1.77. The van der Waals surface area contributed by atoms with Crippen molar-refractivity contribution in [2.24, 2.45) is 0 Å². The van der Waals surface area contributed by atoms with E-state index in [0.717, 1.165) is 4.47 Å². The minimum atomic E-state index is -0.701. The van der Waals surface area contributed by atoms with Gasteiger partial charge in [0.15, 0.2) is 0 Å². The molecule has 0 aliphatic rings. The largest absolute Gasteiger partial charge is 0.465 e. The smallest absolute Gasteiger partial charge is 0.134 e. The maximum atomic E-state index is 9.10. The van der Waals surface area contributed by atoms with Crippen LogP contribution in [0.1, 0.15) is 11.9 Å². The summed E-state index contributed by atoms with van der Waals surface area (Å²) in [5.41, 5.74) is 0. The van der Waals surface area contributed by atoms with Crippen LogP contribution in [-0.4, -0.2) is 11.0 Å². The van der Waals surface area contributed by atoms with Gasteiger partial charge in [0.05, 0.1) is 10.4 Å². The fraction of sp³-hybridized carbons (Fsp3) is 0.333. The number of hydrogen-bond donors (Lipinski definition) is 1. The highest BCUT2D eigenvalue weighted by molar-refractivity contribution is 9.10. The average Bonchev–Trinajstić information content (AvgIpc) is 2.34. The monoisotopic (exact) mass is 224 g/mol. The molecule has 0 aromatic carbocycles. The van der Waals surface area contributed by atoms with Crippen molar-refractivity contribution >= 4 is 27.5 Å². The maximum Gasteiger partial charge on any atom is 0.134 e. The second kappa shape index (κ2) is 3.42. The lowest BCUT2D eigenvalue weighted by Gasteiger charge is -1.99. The number of aliphatic hydroxyl groups is 1. The molecule has 0 amide bonds. The lowest BCUT2D eigenvalue weighted by molar-refractivity contribution is 0.172. The topological polar surface area (TPSA) is 33.4 Å². The fourth-order valence-corrected chi connectivity index (χ4v) is 1.05. The van der Waals surface area contributed by atoms with E-state index in [0.29, 0.717) is 5.76 Å². The van der Waals surface area contributed by atoms with Gasteiger partial charge >= 0.3 is 0 Å². The van der Waals surface area contributed by atoms with Gasteiger partial charge in [-0.1, -0.05) is 0 Å². The Hall–Kier alpha value is 0.01000. The molecule has 0 bridgehead atoms. The zero-order chi connectivity index (χ0) is 7.56. The van der Waals surface area contributed by atoms with E-state index in [-0.39, 0.29) is 5.88 Å². The molecule has 4 heteroatoms. The molecule has 2 nitrogen and oxygen atoms in total. The summed E-state index contributed by atoms with van der Waals surface area (Å²) in [6.07, 6.45) is 0.804. The van der Waals surface area contributed by atoms with Crippen molar-refractivity contribution in [1.82, 2.24) is 0 Å². The zero-order valence-electron chi connectivity index (χ0n) is 5.05. The summed E-state index contributed by atoms with van der Waals surface area (Å²) < 4.78 is 5.75. The predicted molar refractivity (Wildman–Crippen MR) is 42.1 cm³/mol.